The zero-order chi connectivity index (χ0) is 21.1. The lowest BCUT2D eigenvalue weighted by Gasteiger charge is -2.24. The number of anilines is 2. The Morgan fingerprint density at radius 3 is 2.03 bits per heavy atom. The minimum Gasteiger partial charge on any atom is -0.304 e. The molecule has 1 saturated heterocycles. The Morgan fingerprint density at radius 2 is 1.43 bits per heavy atom. The molecule has 1 aliphatic heterocycles. The molecule has 5 heteroatoms. The molecular weight excluding hydrogens is 376 g/mol. The van der Waals surface area contributed by atoms with Crippen LogP contribution >= 0.6 is 0 Å². The summed E-state index contributed by atoms with van der Waals surface area (Å²) in [6, 6.07) is 24.3. The van der Waals surface area contributed by atoms with Crippen molar-refractivity contribution in [1.82, 2.24) is 0 Å². The standard InChI is InChI=1S/C25H22N2O3/c1-18-7-11-21(12-8-18)26(17-19-5-3-2-4-6-19)25(30)20-9-13-22(14-10-20)27-23(28)15-16-24(27)29/h2-14H,15-17H2,1H3. The highest BCUT2D eigenvalue weighted by atomic mass is 16.2. The average molecular weight is 398 g/mol. The van der Waals surface area contributed by atoms with Crippen LogP contribution in [0, 0.1) is 6.92 Å². The van der Waals surface area contributed by atoms with E-state index in [1.54, 1.807) is 29.2 Å². The van der Waals surface area contributed by atoms with Gasteiger partial charge in [-0.15, -0.1) is 0 Å². The van der Waals surface area contributed by atoms with Crippen molar-refractivity contribution < 1.29 is 14.4 Å². The van der Waals surface area contributed by atoms with Crippen molar-refractivity contribution in [2.45, 2.75) is 26.3 Å². The summed E-state index contributed by atoms with van der Waals surface area (Å²) >= 11 is 0. The van der Waals surface area contributed by atoms with Crippen LogP contribution < -0.4 is 9.80 Å². The predicted octanol–water partition coefficient (Wildman–Crippen LogP) is 4.50. The molecule has 0 bridgehead atoms. The molecule has 3 amide bonds. The van der Waals surface area contributed by atoms with Crippen LogP contribution in [0.3, 0.4) is 0 Å². The van der Waals surface area contributed by atoms with E-state index in [0.717, 1.165) is 16.8 Å². The Bertz CT molecular complexity index is 1060. The summed E-state index contributed by atoms with van der Waals surface area (Å²) < 4.78 is 0. The molecule has 3 aromatic rings. The van der Waals surface area contributed by atoms with Gasteiger partial charge >= 0.3 is 0 Å². The average Bonchev–Trinajstić information content (AvgIpc) is 3.11. The van der Waals surface area contributed by atoms with Gasteiger partial charge in [0, 0.05) is 24.1 Å². The molecule has 3 aromatic carbocycles. The highest BCUT2D eigenvalue weighted by Crippen LogP contribution is 2.25. The van der Waals surface area contributed by atoms with E-state index in [2.05, 4.69) is 0 Å². The number of hydrogen-bond acceptors (Lipinski definition) is 3. The Labute approximate surface area is 175 Å². The van der Waals surface area contributed by atoms with Crippen molar-refractivity contribution in [2.75, 3.05) is 9.80 Å². The Balaban J connectivity index is 1.63. The molecular formula is C25H22N2O3. The summed E-state index contributed by atoms with van der Waals surface area (Å²) in [5.74, 6) is -0.554. The number of rotatable bonds is 5. The number of carbonyl (C=O) groups is 3. The molecule has 0 atom stereocenters. The predicted molar refractivity (Wildman–Crippen MR) is 116 cm³/mol. The van der Waals surface area contributed by atoms with E-state index in [4.69, 9.17) is 0 Å². The van der Waals surface area contributed by atoms with E-state index < -0.39 is 0 Å². The van der Waals surface area contributed by atoms with Crippen molar-refractivity contribution in [1.29, 1.82) is 0 Å². The third-order valence-electron chi connectivity index (χ3n) is 5.20. The van der Waals surface area contributed by atoms with Crippen LogP contribution in [0.4, 0.5) is 11.4 Å². The second kappa shape index (κ2) is 8.33. The lowest BCUT2D eigenvalue weighted by molar-refractivity contribution is -0.121. The van der Waals surface area contributed by atoms with E-state index in [1.807, 2.05) is 61.5 Å². The quantitative estimate of drug-likeness (QED) is 0.595. The number of carbonyl (C=O) groups excluding carboxylic acids is 3. The molecule has 0 spiro atoms. The topological polar surface area (TPSA) is 57.7 Å². The van der Waals surface area contributed by atoms with E-state index in [0.29, 0.717) is 17.8 Å². The SMILES string of the molecule is Cc1ccc(N(Cc2ccccc2)C(=O)c2ccc(N3C(=O)CCC3=O)cc2)cc1. The highest BCUT2D eigenvalue weighted by molar-refractivity contribution is 6.20. The van der Waals surface area contributed by atoms with Gasteiger partial charge in [0.15, 0.2) is 0 Å². The summed E-state index contributed by atoms with van der Waals surface area (Å²) in [5, 5.41) is 0. The lowest BCUT2D eigenvalue weighted by atomic mass is 10.1. The summed E-state index contributed by atoms with van der Waals surface area (Å²) in [4.78, 5) is 40.2. The van der Waals surface area contributed by atoms with Crippen LogP contribution in [0.15, 0.2) is 78.9 Å². The van der Waals surface area contributed by atoms with Crippen molar-refractivity contribution in [2.24, 2.45) is 0 Å². The van der Waals surface area contributed by atoms with Gasteiger partial charge in [0.2, 0.25) is 11.8 Å². The van der Waals surface area contributed by atoms with Gasteiger partial charge in [-0.05, 0) is 48.9 Å². The summed E-state index contributed by atoms with van der Waals surface area (Å²) in [7, 11) is 0. The zero-order valence-electron chi connectivity index (χ0n) is 16.7. The van der Waals surface area contributed by atoms with Crippen molar-refractivity contribution in [3.63, 3.8) is 0 Å². The molecule has 150 valence electrons. The number of benzene rings is 3. The van der Waals surface area contributed by atoms with Gasteiger partial charge in [-0.3, -0.25) is 19.3 Å². The molecule has 1 fully saturated rings. The van der Waals surface area contributed by atoms with Gasteiger partial charge in [0.25, 0.3) is 5.91 Å². The van der Waals surface area contributed by atoms with Gasteiger partial charge in [0.05, 0.1) is 12.2 Å². The molecule has 0 N–H and O–H groups in total. The Kier molecular flexibility index (Phi) is 5.44. The molecule has 30 heavy (non-hydrogen) atoms. The van der Waals surface area contributed by atoms with E-state index >= 15 is 0 Å². The third-order valence-corrected chi connectivity index (χ3v) is 5.20. The third kappa shape index (κ3) is 4.01. The van der Waals surface area contributed by atoms with Crippen LogP contribution in [0.25, 0.3) is 0 Å². The fraction of sp³-hybridized carbons (Fsp3) is 0.160. The first-order chi connectivity index (χ1) is 14.5. The van der Waals surface area contributed by atoms with Crippen molar-refractivity contribution in [3.05, 3.63) is 95.6 Å². The number of hydrogen-bond donors (Lipinski definition) is 0. The normalized spacial score (nSPS) is 13.6. The lowest BCUT2D eigenvalue weighted by Crippen LogP contribution is -2.31. The second-order valence-electron chi connectivity index (χ2n) is 7.38. The first kappa shape index (κ1) is 19.6. The smallest absolute Gasteiger partial charge is 0.258 e. The Morgan fingerprint density at radius 1 is 0.833 bits per heavy atom. The Hall–Kier alpha value is -3.73. The van der Waals surface area contributed by atoms with Crippen LogP contribution in [0.5, 0.6) is 0 Å². The monoisotopic (exact) mass is 398 g/mol. The molecule has 0 radical (unpaired) electrons. The van der Waals surface area contributed by atoms with Gasteiger partial charge in [-0.1, -0.05) is 48.0 Å². The largest absolute Gasteiger partial charge is 0.304 e. The zero-order valence-corrected chi connectivity index (χ0v) is 16.7. The van der Waals surface area contributed by atoms with Crippen LogP contribution in [0.2, 0.25) is 0 Å². The van der Waals surface area contributed by atoms with E-state index in [9.17, 15) is 14.4 Å². The second-order valence-corrected chi connectivity index (χ2v) is 7.38. The first-order valence-corrected chi connectivity index (χ1v) is 9.91. The maximum absolute atomic E-state index is 13.4. The van der Waals surface area contributed by atoms with E-state index in [1.165, 1.54) is 4.90 Å². The van der Waals surface area contributed by atoms with Crippen LogP contribution in [0.1, 0.15) is 34.3 Å². The van der Waals surface area contributed by atoms with Crippen LogP contribution in [-0.2, 0) is 16.1 Å². The minimum absolute atomic E-state index is 0.145. The number of nitrogens with zero attached hydrogens (tertiary/aromatic N) is 2. The molecule has 0 aromatic heterocycles. The molecule has 4 rings (SSSR count). The molecule has 1 aliphatic rings. The van der Waals surface area contributed by atoms with Gasteiger partial charge < -0.3 is 4.90 Å². The van der Waals surface area contributed by atoms with Gasteiger partial charge in [-0.2, -0.15) is 0 Å². The molecule has 0 aliphatic carbocycles. The van der Waals surface area contributed by atoms with Crippen molar-refractivity contribution in [3.8, 4) is 0 Å². The van der Waals surface area contributed by atoms with E-state index in [-0.39, 0.29) is 30.6 Å². The summed E-state index contributed by atoms with van der Waals surface area (Å²) in [6.07, 6.45) is 0.468. The van der Waals surface area contributed by atoms with Crippen LogP contribution in [-0.4, -0.2) is 17.7 Å². The molecule has 1 heterocycles. The fourth-order valence-corrected chi connectivity index (χ4v) is 3.54. The molecule has 0 unspecified atom stereocenters. The van der Waals surface area contributed by atoms with Crippen molar-refractivity contribution >= 4 is 29.1 Å². The van der Waals surface area contributed by atoms with Gasteiger partial charge in [0.1, 0.15) is 0 Å². The van der Waals surface area contributed by atoms with Gasteiger partial charge in [-0.25, -0.2) is 0 Å². The fourth-order valence-electron chi connectivity index (χ4n) is 3.54. The first-order valence-electron chi connectivity index (χ1n) is 9.91. The number of amides is 3. The summed E-state index contributed by atoms with van der Waals surface area (Å²) in [6.45, 7) is 2.44. The molecule has 0 saturated carbocycles. The summed E-state index contributed by atoms with van der Waals surface area (Å²) in [5.41, 5.74) is 3.95. The number of aryl methyl sites for hydroxylation is 1. The maximum atomic E-state index is 13.4. The number of imide groups is 1. The minimum atomic E-state index is -0.204. The maximum Gasteiger partial charge on any atom is 0.258 e. The highest BCUT2D eigenvalue weighted by Gasteiger charge is 2.30. The molecule has 5 nitrogen and oxygen atoms in total.